The molecule has 0 aliphatic rings. The Morgan fingerprint density at radius 2 is 0.901 bits per heavy atom. The van der Waals surface area contributed by atoms with E-state index in [4.69, 9.17) is 133 Å². The number of nitrogens with one attached hydrogen (secondary N) is 3. The van der Waals surface area contributed by atoms with E-state index >= 15 is 0 Å². The third-order valence-electron chi connectivity index (χ3n) is 18.6. The van der Waals surface area contributed by atoms with Gasteiger partial charge in [0.15, 0.2) is 0 Å². The number of ether oxygens (including phenoxy) is 3. The summed E-state index contributed by atoms with van der Waals surface area (Å²) >= 11 is 53.6. The lowest BCUT2D eigenvalue weighted by molar-refractivity contribution is -0.104. The summed E-state index contributed by atoms with van der Waals surface area (Å²) in [4.78, 5) is 86.1. The standard InChI is InChI=1S/C22H14Cl2N4O.C15H10Cl2N2O.C15H11ClN2O2.C14H8Cl2N2O.C9H7BrN2O2.C8H11BN2O2.C6H6BClO2.C2H3F3S/c1-27-11-15-10-17(7-8-18(15)26-27)28-12-14-4-9-19(24)25-21(14)20(22(28)29)13-2-5-16(23)6-3-13;1-20-15-13(9-2-5-11(16)6-3-9)14-10(8-18-15)4-7-12(17)19-14;1-20-15-13(9-2-5-11(16)6-3-9)14-10(8-17-15)4-7-12(19)18-14;15-10-4-1-8(2-5-10)12-13-9(7-17-14(12)19)3-6-11(16)18-13;1-14-9-7(10)8-5(4-11-9)2-3-6(13)12-8;1-11-5-6-4-7(9(12)13)2-3-8(6)10;8-6-3-1-5(2-4-6)7(9)10;3-2(4,5)1-6/h2-12H,1H3;2-8H,1H3;2-8H,1H3,(H,18,19);1-7H,(H,17,19);2-4H,1H3,(H,12,13);2-5,12-13H,10H2,1H3;1-4,9-10H;6H,1H2. The lowest BCUT2D eigenvalue weighted by atomic mass is 9.79. The van der Waals surface area contributed by atoms with Crippen molar-refractivity contribution in [1.29, 1.82) is 0 Å². The Balaban J connectivity index is 0.000000149. The summed E-state index contributed by atoms with van der Waals surface area (Å²) in [6, 6.07) is 62.9. The molecule has 0 fully saturated rings. The summed E-state index contributed by atoms with van der Waals surface area (Å²) in [7, 11) is 5.28. The van der Waals surface area contributed by atoms with E-state index in [9.17, 15) is 32.3 Å². The van der Waals surface area contributed by atoms with Gasteiger partial charge in [-0.25, -0.2) is 29.9 Å². The fourth-order valence-corrected chi connectivity index (χ4v) is 14.2. The second-order valence-corrected chi connectivity index (χ2v) is 31.9. The number of aryl methyl sites for hydroxylation is 1. The number of aromatic nitrogens is 12. The summed E-state index contributed by atoms with van der Waals surface area (Å²) in [5, 5.41) is 48.9. The molecule has 11 aromatic heterocycles. The molecule has 0 bridgehead atoms. The number of rotatable bonds is 11. The minimum Gasteiger partial charge on any atom is -0.480 e. The Labute approximate surface area is 797 Å². The third-order valence-corrected chi connectivity index (χ3v) is 21.6. The Kier molecular flexibility index (Phi) is 34.9. The van der Waals surface area contributed by atoms with E-state index in [-0.39, 0.29) is 22.2 Å². The lowest BCUT2D eigenvalue weighted by Gasteiger charge is -2.12. The predicted octanol–water partition coefficient (Wildman–Crippen LogP) is 19.2. The van der Waals surface area contributed by atoms with E-state index in [1.165, 1.54) is 19.2 Å². The van der Waals surface area contributed by atoms with Gasteiger partial charge in [0.2, 0.25) is 28.8 Å². The number of halogens is 12. The van der Waals surface area contributed by atoms with Crippen LogP contribution >= 0.6 is 121 Å². The average Bonchev–Trinajstić information content (AvgIpc) is 1.77. The molecule has 0 unspecified atom stereocenters. The Morgan fingerprint density at radius 1 is 0.489 bits per heavy atom. The van der Waals surface area contributed by atoms with Gasteiger partial charge in [-0.05, 0) is 183 Å². The first kappa shape index (κ1) is 99.4. The Morgan fingerprint density at radius 3 is 1.40 bits per heavy atom. The smallest absolute Gasteiger partial charge is 0.480 e. The topological polar surface area (TPSA) is 363 Å². The number of anilines is 1. The molecule has 7 aromatic carbocycles. The number of nitrogens with two attached hydrogens (primary N) is 1. The van der Waals surface area contributed by atoms with Gasteiger partial charge in [0.1, 0.15) is 19.9 Å². The number of pyridine rings is 10. The highest BCUT2D eigenvalue weighted by Gasteiger charge is 2.24. The Hall–Kier alpha value is -12.2. The van der Waals surface area contributed by atoms with Crippen LogP contribution in [-0.4, -0.2) is 140 Å². The number of thiol groups is 1. The predicted molar refractivity (Wildman–Crippen MR) is 528 cm³/mol. The quantitative estimate of drug-likeness (QED) is 0.0191. The third kappa shape index (κ3) is 26.4. The molecule has 0 radical (unpaired) electrons. The zero-order chi connectivity index (χ0) is 94.5. The fourth-order valence-electron chi connectivity index (χ4n) is 12.6. The molecule has 18 rings (SSSR count). The maximum Gasteiger partial charge on any atom is 0.488 e. The SMILES string of the molecule is CN=Cc1cc(B(O)O)ccc1N.COc1ncc2ccc(=O)[nH]c2c1-c1ccc(Cl)cc1.COc1ncc2ccc(=O)[nH]c2c1Br.COc1ncc2ccc(Cl)nc2c1-c1ccc(Cl)cc1.Cn1cc2cc(-n3cc4ccc(Cl)nc4c(-c4ccc(Cl)cc4)c3=O)ccc2n1.FC(F)(F)CS.O=c1[nH]cc2ccc(Cl)nc2c1-c1ccc(Cl)cc1.OB(O)c1ccc(Cl)cc1. The van der Waals surface area contributed by atoms with Crippen molar-refractivity contribution in [3.05, 3.63) is 348 Å². The molecule has 0 amide bonds. The number of fused-ring (bicyclic) bond motifs is 6. The minimum absolute atomic E-state index is 0.147. The molecule has 0 spiro atoms. The second kappa shape index (κ2) is 46.0. The van der Waals surface area contributed by atoms with Crippen LogP contribution in [0.4, 0.5) is 18.9 Å². The average molecular weight is 2010 g/mol. The van der Waals surface area contributed by atoms with Crippen molar-refractivity contribution in [2.75, 3.05) is 39.9 Å². The van der Waals surface area contributed by atoms with Gasteiger partial charge >= 0.3 is 20.4 Å². The van der Waals surface area contributed by atoms with Crippen LogP contribution in [0.5, 0.6) is 17.6 Å². The normalized spacial score (nSPS) is 10.8. The van der Waals surface area contributed by atoms with Crippen molar-refractivity contribution in [2.45, 2.75) is 6.18 Å². The van der Waals surface area contributed by atoms with Gasteiger partial charge in [0.25, 0.3) is 11.1 Å². The molecule has 0 aliphatic heterocycles. The van der Waals surface area contributed by atoms with Crippen LogP contribution in [0.15, 0.2) is 284 Å². The van der Waals surface area contributed by atoms with Crippen molar-refractivity contribution in [1.82, 2.24) is 59.2 Å². The van der Waals surface area contributed by atoms with Crippen LogP contribution in [-0.2, 0) is 7.05 Å². The Bertz CT molecular complexity index is 7400. The van der Waals surface area contributed by atoms with Gasteiger partial charge in [-0.2, -0.15) is 30.9 Å². The van der Waals surface area contributed by atoms with Gasteiger partial charge < -0.3 is 55.0 Å². The number of H-pyrrole nitrogens is 3. The number of hydrogen-bond acceptors (Lipinski definition) is 21. The summed E-state index contributed by atoms with van der Waals surface area (Å²) in [5.74, 6) is 0.392. The summed E-state index contributed by atoms with van der Waals surface area (Å²) < 4.78 is 51.8. The van der Waals surface area contributed by atoms with E-state index in [0.29, 0.717) is 118 Å². The summed E-state index contributed by atoms with van der Waals surface area (Å²) in [6.07, 6.45) is 7.85. The zero-order valence-electron chi connectivity index (χ0n) is 68.9. The maximum absolute atomic E-state index is 13.5. The van der Waals surface area contributed by atoms with Crippen molar-refractivity contribution >= 4 is 224 Å². The van der Waals surface area contributed by atoms with Crippen LogP contribution in [0, 0.1) is 0 Å². The van der Waals surface area contributed by atoms with Crippen LogP contribution in [0.1, 0.15) is 5.56 Å². The molecule has 25 nitrogen and oxygen atoms in total. The first-order chi connectivity index (χ1) is 62.6. The van der Waals surface area contributed by atoms with Crippen molar-refractivity contribution < 1.29 is 47.5 Å². The number of nitrogen functional groups attached to an aromatic ring is 1. The van der Waals surface area contributed by atoms with Crippen molar-refractivity contribution in [2.24, 2.45) is 12.0 Å². The van der Waals surface area contributed by atoms with E-state index < -0.39 is 26.2 Å². The number of nitrogens with zero attached hydrogens (tertiary/aromatic N) is 10. The highest BCUT2D eigenvalue weighted by Crippen LogP contribution is 2.38. The molecular formula is C91H70B2BrCl8F3N14O11S. The first-order valence-corrected chi connectivity index (χ1v) is 42.7. The molecule has 0 saturated carbocycles. The monoisotopic (exact) mass is 2000 g/mol. The summed E-state index contributed by atoms with van der Waals surface area (Å²) in [5.41, 5.74) is 17.8. The van der Waals surface area contributed by atoms with Crippen molar-refractivity contribution in [3.63, 3.8) is 0 Å². The number of benzene rings is 7. The molecular weight excluding hydrogens is 1940 g/mol. The van der Waals surface area contributed by atoms with E-state index in [1.54, 1.807) is 189 Å². The molecule has 40 heteroatoms. The molecule has 0 saturated heterocycles. The number of hydrogen-bond donors (Lipinski definition) is 9. The van der Waals surface area contributed by atoms with E-state index in [0.717, 1.165) is 82.4 Å². The highest BCUT2D eigenvalue weighted by molar-refractivity contribution is 9.10. The van der Waals surface area contributed by atoms with E-state index in [2.05, 4.69) is 83.5 Å². The molecule has 131 heavy (non-hydrogen) atoms. The number of methoxy groups -OCH3 is 3. The van der Waals surface area contributed by atoms with E-state index in [1.807, 2.05) is 98.2 Å². The van der Waals surface area contributed by atoms with Gasteiger partial charge in [-0.3, -0.25) is 33.4 Å². The number of aliphatic imine (C=N–C) groups is 1. The van der Waals surface area contributed by atoms with Crippen LogP contribution in [0.2, 0.25) is 40.6 Å². The molecule has 0 aliphatic carbocycles. The summed E-state index contributed by atoms with van der Waals surface area (Å²) in [6.45, 7) is 0. The lowest BCUT2D eigenvalue weighted by Crippen LogP contribution is -2.30. The first-order valence-electron chi connectivity index (χ1n) is 38.3. The molecule has 666 valence electrons. The molecule has 0 atom stereocenters. The van der Waals surface area contributed by atoms with Crippen LogP contribution < -0.4 is 53.1 Å². The highest BCUT2D eigenvalue weighted by atomic mass is 79.9. The second-order valence-electron chi connectivity index (χ2n) is 27.5. The minimum atomic E-state index is -4.09. The largest absolute Gasteiger partial charge is 0.488 e. The van der Waals surface area contributed by atoms with Gasteiger partial charge in [-0.15, -0.1) is 0 Å². The fraction of sp³-hybridized carbons (Fsp3) is 0.0769. The van der Waals surface area contributed by atoms with Gasteiger partial charge in [-0.1, -0.05) is 166 Å². The maximum atomic E-state index is 13.5. The van der Waals surface area contributed by atoms with Gasteiger partial charge in [0.05, 0.1) is 82.4 Å². The number of aromatic amines is 3. The van der Waals surface area contributed by atoms with Gasteiger partial charge in [0, 0.05) is 144 Å². The van der Waals surface area contributed by atoms with Crippen molar-refractivity contribution in [3.8, 4) is 67.8 Å². The molecule has 9 N–H and O–H groups in total. The van der Waals surface area contributed by atoms with Crippen LogP contribution in [0.3, 0.4) is 0 Å². The zero-order valence-corrected chi connectivity index (χ0v) is 77.4. The molecule has 18 aromatic rings. The number of alkyl halides is 3. The molecule has 11 heterocycles. The van der Waals surface area contributed by atoms with Crippen LogP contribution in [0.25, 0.3) is 116 Å².